The second kappa shape index (κ2) is 11.3. The molecule has 178 valence electrons. The van der Waals surface area contributed by atoms with E-state index in [0.29, 0.717) is 47.3 Å². The van der Waals surface area contributed by atoms with E-state index in [4.69, 9.17) is 18.8 Å². The molecule has 0 saturated carbocycles. The monoisotopic (exact) mass is 467 g/mol. The van der Waals surface area contributed by atoms with Crippen LogP contribution in [0.25, 0.3) is 22.6 Å². The maximum Gasteiger partial charge on any atom is 0.236 e. The van der Waals surface area contributed by atoms with Crippen molar-refractivity contribution in [1.82, 2.24) is 15.1 Å². The Morgan fingerprint density at radius 2 is 1.76 bits per heavy atom. The lowest BCUT2D eigenvalue weighted by Gasteiger charge is -2.14. The van der Waals surface area contributed by atoms with Crippen LogP contribution in [0.15, 0.2) is 57.7 Å². The Morgan fingerprint density at radius 1 is 1.06 bits per heavy atom. The summed E-state index contributed by atoms with van der Waals surface area (Å²) in [7, 11) is 1.00. The van der Waals surface area contributed by atoms with Gasteiger partial charge in [0.15, 0.2) is 12.4 Å². The van der Waals surface area contributed by atoms with Gasteiger partial charge in [-0.15, -0.1) is 0 Å². The van der Waals surface area contributed by atoms with Crippen LogP contribution in [-0.4, -0.2) is 33.6 Å². The molecule has 1 atom stereocenters. The van der Waals surface area contributed by atoms with Gasteiger partial charge in [0.05, 0.1) is 5.56 Å². The predicted octanol–water partition coefficient (Wildman–Crippen LogP) is 5.61. The van der Waals surface area contributed by atoms with Gasteiger partial charge < -0.3 is 18.8 Å². The zero-order chi connectivity index (χ0) is 24.7. The van der Waals surface area contributed by atoms with E-state index in [1.165, 1.54) is 18.4 Å². The van der Waals surface area contributed by atoms with Gasteiger partial charge in [-0.25, -0.2) is 9.37 Å². The summed E-state index contributed by atoms with van der Waals surface area (Å²) >= 11 is 0. The van der Waals surface area contributed by atoms with Crippen LogP contribution in [0.5, 0.6) is 5.75 Å². The van der Waals surface area contributed by atoms with Gasteiger partial charge in [0.1, 0.15) is 23.5 Å². The van der Waals surface area contributed by atoms with Gasteiger partial charge in [-0.3, -0.25) is 4.79 Å². The van der Waals surface area contributed by atoms with Crippen molar-refractivity contribution in [3.05, 3.63) is 71.9 Å². The highest BCUT2D eigenvalue weighted by Crippen LogP contribution is 2.29. The highest BCUT2D eigenvalue weighted by atomic mass is 19.1. The lowest BCUT2D eigenvalue weighted by Crippen LogP contribution is -2.07. The maximum absolute atomic E-state index is 13.9. The van der Waals surface area contributed by atoms with Crippen LogP contribution < -0.4 is 4.74 Å². The van der Waals surface area contributed by atoms with Crippen LogP contribution in [0.1, 0.15) is 61.4 Å². The van der Waals surface area contributed by atoms with Crippen molar-refractivity contribution in [2.24, 2.45) is 0 Å². The molecular formula is C25H26FN3O5. The van der Waals surface area contributed by atoms with Crippen molar-refractivity contribution in [1.29, 1.82) is 0 Å². The van der Waals surface area contributed by atoms with E-state index in [-0.39, 0.29) is 11.5 Å². The Labute approximate surface area is 196 Å². The molecule has 0 spiro atoms. The first kappa shape index (κ1) is 24.8. The van der Waals surface area contributed by atoms with Gasteiger partial charge in [0.2, 0.25) is 17.6 Å². The van der Waals surface area contributed by atoms with Crippen LogP contribution in [0.3, 0.4) is 0 Å². The zero-order valence-corrected chi connectivity index (χ0v) is 19.4. The fraction of sp³-hybridized carbons (Fsp3) is 0.280. The summed E-state index contributed by atoms with van der Waals surface area (Å²) in [5, 5.41) is 11.0. The minimum absolute atomic E-state index is 0.00284. The number of aliphatic hydroxyl groups is 1. The Hall–Kier alpha value is -3.85. The van der Waals surface area contributed by atoms with E-state index in [1.54, 1.807) is 6.07 Å². The van der Waals surface area contributed by atoms with Crippen molar-refractivity contribution >= 4 is 6.29 Å². The van der Waals surface area contributed by atoms with Crippen molar-refractivity contribution in [3.8, 4) is 28.4 Å². The molecule has 0 aliphatic carbocycles. The average molecular weight is 467 g/mol. The first-order valence-corrected chi connectivity index (χ1v) is 10.7. The van der Waals surface area contributed by atoms with Crippen molar-refractivity contribution in [2.45, 2.75) is 39.2 Å². The molecule has 4 rings (SSSR count). The van der Waals surface area contributed by atoms with Crippen molar-refractivity contribution in [3.63, 3.8) is 0 Å². The van der Waals surface area contributed by atoms with Crippen LogP contribution in [0.2, 0.25) is 0 Å². The molecule has 9 heteroatoms. The number of hydrogen-bond acceptors (Lipinski definition) is 8. The van der Waals surface area contributed by atoms with Gasteiger partial charge in [-0.1, -0.05) is 32.0 Å². The molecule has 2 heterocycles. The van der Waals surface area contributed by atoms with Crippen LogP contribution >= 0.6 is 0 Å². The van der Waals surface area contributed by atoms with E-state index in [9.17, 15) is 9.18 Å². The molecule has 0 fully saturated rings. The van der Waals surface area contributed by atoms with Gasteiger partial charge in [0, 0.05) is 24.2 Å². The summed E-state index contributed by atoms with van der Waals surface area (Å²) in [5.41, 5.74) is 1.80. The molecule has 0 amide bonds. The summed E-state index contributed by atoms with van der Waals surface area (Å²) in [6, 6.07) is 11.6. The molecular weight excluding hydrogens is 441 g/mol. The van der Waals surface area contributed by atoms with Crippen molar-refractivity contribution < 1.29 is 28.0 Å². The highest BCUT2D eigenvalue weighted by molar-refractivity contribution is 5.76. The maximum atomic E-state index is 13.9. The second-order valence-electron chi connectivity index (χ2n) is 7.58. The minimum Gasteiger partial charge on any atom is -0.481 e. The fourth-order valence-electron chi connectivity index (χ4n) is 3.09. The number of hydrogen-bond donors (Lipinski definition) is 1. The Bertz CT molecular complexity index is 1220. The number of nitrogens with zero attached hydrogens (tertiary/aromatic N) is 3. The molecule has 0 saturated heterocycles. The first-order valence-electron chi connectivity index (χ1n) is 10.7. The molecule has 2 aromatic carbocycles. The molecule has 0 aliphatic rings. The topological polar surface area (TPSA) is 111 Å². The number of oxazole rings is 1. The quantitative estimate of drug-likeness (QED) is 0.333. The van der Waals surface area contributed by atoms with E-state index >= 15 is 0 Å². The number of carbonyl (C=O) groups is 1. The summed E-state index contributed by atoms with van der Waals surface area (Å²) < 4.78 is 30.8. The molecule has 0 bridgehead atoms. The minimum atomic E-state index is -0.604. The van der Waals surface area contributed by atoms with Gasteiger partial charge in [0.25, 0.3) is 0 Å². The van der Waals surface area contributed by atoms with E-state index < -0.39 is 11.9 Å². The normalized spacial score (nSPS) is 11.6. The molecule has 0 radical (unpaired) electrons. The highest BCUT2D eigenvalue weighted by Gasteiger charge is 2.19. The van der Waals surface area contributed by atoms with Crippen LogP contribution in [0, 0.1) is 5.82 Å². The van der Waals surface area contributed by atoms with Crippen molar-refractivity contribution in [2.75, 3.05) is 7.11 Å². The summed E-state index contributed by atoms with van der Waals surface area (Å²) in [4.78, 5) is 19.7. The molecule has 0 aliphatic heterocycles. The standard InChI is InChI=1S/C24H22FN3O4.CH4O/c1-4-21(24-26-20(13-30-24)16-5-6-17(12-29)19(25)11-16)31-18-9-7-15(8-10-18)22-27-23(14(2)3)32-28-22;1-2/h5-14,21H,4H2,1-3H3;2H,1H3. The summed E-state index contributed by atoms with van der Waals surface area (Å²) in [6.07, 6.45) is 2.11. The van der Waals surface area contributed by atoms with E-state index in [2.05, 4.69) is 15.1 Å². The lowest BCUT2D eigenvalue weighted by atomic mass is 10.1. The SMILES string of the molecule is CCC(Oc1ccc(-c2noc(C(C)C)n2)cc1)c1nc(-c2ccc(C=O)c(F)c2)co1.CO. The molecule has 1 unspecified atom stereocenters. The lowest BCUT2D eigenvalue weighted by molar-refractivity contribution is 0.112. The number of benzene rings is 2. The molecule has 34 heavy (non-hydrogen) atoms. The number of aliphatic hydroxyl groups excluding tert-OH is 1. The number of aromatic nitrogens is 3. The molecule has 2 aromatic heterocycles. The van der Waals surface area contributed by atoms with Gasteiger partial charge >= 0.3 is 0 Å². The third-order valence-electron chi connectivity index (χ3n) is 4.92. The molecule has 4 aromatic rings. The smallest absolute Gasteiger partial charge is 0.236 e. The third-order valence-corrected chi connectivity index (χ3v) is 4.92. The first-order chi connectivity index (χ1) is 16.5. The summed E-state index contributed by atoms with van der Waals surface area (Å²) in [6.45, 7) is 5.93. The number of rotatable bonds is 8. The van der Waals surface area contributed by atoms with Gasteiger partial charge in [-0.05, 0) is 42.8 Å². The van der Waals surface area contributed by atoms with Crippen LogP contribution in [0.4, 0.5) is 4.39 Å². The predicted molar refractivity (Wildman–Crippen MR) is 123 cm³/mol. The summed E-state index contributed by atoms with van der Waals surface area (Å²) in [5.74, 6) is 1.69. The third kappa shape index (κ3) is 5.55. The average Bonchev–Trinajstić information content (AvgIpc) is 3.55. The Morgan fingerprint density at radius 3 is 2.35 bits per heavy atom. The second-order valence-corrected chi connectivity index (χ2v) is 7.58. The Balaban J connectivity index is 0.00000158. The number of ether oxygens (including phenoxy) is 1. The van der Waals surface area contributed by atoms with E-state index in [0.717, 1.165) is 12.7 Å². The number of aldehydes is 1. The van der Waals surface area contributed by atoms with Gasteiger partial charge in [-0.2, -0.15) is 4.98 Å². The number of halogens is 1. The number of carbonyl (C=O) groups excluding carboxylic acids is 1. The largest absolute Gasteiger partial charge is 0.481 e. The molecule has 8 nitrogen and oxygen atoms in total. The van der Waals surface area contributed by atoms with Crippen LogP contribution in [-0.2, 0) is 0 Å². The zero-order valence-electron chi connectivity index (χ0n) is 19.4. The molecule has 1 N–H and O–H groups in total. The van der Waals surface area contributed by atoms with E-state index in [1.807, 2.05) is 45.0 Å². The Kier molecular flexibility index (Phi) is 8.26. The fourth-order valence-corrected chi connectivity index (χ4v) is 3.09.